The van der Waals surface area contributed by atoms with E-state index in [4.69, 9.17) is 17.0 Å². The third-order valence-electron chi connectivity index (χ3n) is 7.81. The molecule has 9 heteroatoms. The highest BCUT2D eigenvalue weighted by Gasteiger charge is 2.45. The molecule has 0 radical (unpaired) electrons. The van der Waals surface area contributed by atoms with Crippen molar-refractivity contribution in [2.45, 2.75) is 57.7 Å². The van der Waals surface area contributed by atoms with Gasteiger partial charge in [0.1, 0.15) is 22.8 Å². The molecule has 2 aliphatic heterocycles. The second kappa shape index (κ2) is 11.3. The summed E-state index contributed by atoms with van der Waals surface area (Å²) in [5, 5.41) is 0. The van der Waals surface area contributed by atoms with Crippen LogP contribution in [0, 0.1) is 18.3 Å². The second-order valence-electron chi connectivity index (χ2n) is 11.4. The van der Waals surface area contributed by atoms with E-state index in [1.165, 1.54) is 17.0 Å². The van der Waals surface area contributed by atoms with Gasteiger partial charge in [0.2, 0.25) is 11.6 Å². The summed E-state index contributed by atoms with van der Waals surface area (Å²) in [4.78, 5) is 32.1. The van der Waals surface area contributed by atoms with Crippen molar-refractivity contribution in [3.05, 3.63) is 59.2 Å². The number of primary amides is 1. The van der Waals surface area contributed by atoms with Gasteiger partial charge in [0.25, 0.3) is 5.91 Å². The molecule has 2 amide bonds. The van der Waals surface area contributed by atoms with Crippen LogP contribution in [0.2, 0.25) is 0 Å². The Morgan fingerprint density at radius 2 is 1.82 bits per heavy atom. The number of nitrogens with two attached hydrogens (primary N) is 1. The Morgan fingerprint density at radius 1 is 1.15 bits per heavy atom. The van der Waals surface area contributed by atoms with Crippen LogP contribution in [0.15, 0.2) is 36.4 Å². The Bertz CT molecular complexity index is 1280. The van der Waals surface area contributed by atoms with Crippen molar-refractivity contribution in [3.8, 4) is 16.9 Å². The van der Waals surface area contributed by atoms with Gasteiger partial charge in [-0.05, 0) is 101 Å². The van der Waals surface area contributed by atoms with Gasteiger partial charge in [0, 0.05) is 13.1 Å². The zero-order valence-electron chi connectivity index (χ0n) is 22.8. The van der Waals surface area contributed by atoms with Gasteiger partial charge in [-0.3, -0.25) is 9.59 Å². The van der Waals surface area contributed by atoms with E-state index >= 15 is 4.39 Å². The smallest absolute Gasteiger partial charge is 0.257 e. The number of hydrogen-bond acceptors (Lipinski definition) is 4. The predicted octanol–water partition coefficient (Wildman–Crippen LogP) is 5.36. The molecule has 0 aliphatic carbocycles. The summed E-state index contributed by atoms with van der Waals surface area (Å²) in [6.45, 7) is 15.3. The summed E-state index contributed by atoms with van der Waals surface area (Å²) in [5.41, 5.74) is 4.51. The Morgan fingerprint density at radius 3 is 2.44 bits per heavy atom. The Kier molecular flexibility index (Phi) is 8.26. The van der Waals surface area contributed by atoms with E-state index in [2.05, 4.69) is 9.74 Å². The van der Waals surface area contributed by atoms with Gasteiger partial charge in [-0.15, -0.1) is 0 Å². The number of piperidine rings is 1. The number of carbonyl (C=O) groups is 2. The number of amides is 2. The molecular weight excluding hydrogens is 502 g/mol. The third kappa shape index (κ3) is 6.39. The minimum atomic E-state index is -1.21. The molecule has 208 valence electrons. The third-order valence-corrected chi connectivity index (χ3v) is 7.81. The van der Waals surface area contributed by atoms with Crippen LogP contribution in [0.4, 0.5) is 14.5 Å². The van der Waals surface area contributed by atoms with E-state index in [1.54, 1.807) is 45.0 Å². The molecule has 4 rings (SSSR count). The molecule has 2 saturated heterocycles. The van der Waals surface area contributed by atoms with Gasteiger partial charge in [-0.25, -0.2) is 13.6 Å². The molecule has 2 N–H and O–H groups in total. The summed E-state index contributed by atoms with van der Waals surface area (Å²) in [5.74, 6) is -1.08. The first kappa shape index (κ1) is 28.5. The van der Waals surface area contributed by atoms with Crippen LogP contribution in [0.3, 0.4) is 0 Å². The van der Waals surface area contributed by atoms with Crippen molar-refractivity contribution < 1.29 is 23.1 Å². The molecule has 39 heavy (non-hydrogen) atoms. The molecule has 0 bridgehead atoms. The van der Waals surface area contributed by atoms with Crippen LogP contribution in [-0.2, 0) is 4.79 Å². The lowest BCUT2D eigenvalue weighted by Crippen LogP contribution is -2.54. The first-order chi connectivity index (χ1) is 18.4. The first-order valence-corrected chi connectivity index (χ1v) is 13.4. The molecule has 0 unspecified atom stereocenters. The molecule has 2 aromatic carbocycles. The van der Waals surface area contributed by atoms with Gasteiger partial charge in [0.15, 0.2) is 0 Å². The topological polar surface area (TPSA) is 80.2 Å². The average molecular weight is 539 g/mol. The predicted molar refractivity (Wildman–Crippen MR) is 146 cm³/mol. The lowest BCUT2D eigenvalue weighted by atomic mass is 9.96. The standard InChI is InChI=1S/C30H36F2N4O3/c1-29(2,32)19-35-14-10-20(11-15-35)18-39-26-9-7-22(17-25(26)34-4)21-6-8-23(24(31)16-21)27(37)36-13-5-12-30(36,3)28(33)38/h6-9,16-17,20H,5,10-15,18-19H2,1-3H3,(H2,33,38)/t30-/m0/s1. The molecule has 0 aromatic heterocycles. The quantitative estimate of drug-likeness (QED) is 0.459. The van der Waals surface area contributed by atoms with Crippen LogP contribution in [0.1, 0.15) is 56.8 Å². The van der Waals surface area contributed by atoms with E-state index in [9.17, 15) is 14.0 Å². The van der Waals surface area contributed by atoms with Crippen LogP contribution < -0.4 is 10.5 Å². The molecule has 7 nitrogen and oxygen atoms in total. The average Bonchev–Trinajstić information content (AvgIpc) is 3.30. The van der Waals surface area contributed by atoms with Crippen molar-refractivity contribution in [1.82, 2.24) is 9.80 Å². The Labute approximate surface area is 228 Å². The fourth-order valence-corrected chi connectivity index (χ4v) is 5.52. The van der Waals surface area contributed by atoms with E-state index in [-0.39, 0.29) is 5.56 Å². The summed E-state index contributed by atoms with van der Waals surface area (Å²) in [7, 11) is 0. The van der Waals surface area contributed by atoms with Gasteiger partial charge in [0.05, 0.1) is 18.7 Å². The number of ether oxygens (including phenoxy) is 1. The fourth-order valence-electron chi connectivity index (χ4n) is 5.52. The zero-order valence-corrected chi connectivity index (χ0v) is 22.8. The van der Waals surface area contributed by atoms with E-state index in [0.717, 1.165) is 25.9 Å². The van der Waals surface area contributed by atoms with Crippen LogP contribution in [0.5, 0.6) is 5.75 Å². The van der Waals surface area contributed by atoms with E-state index in [0.29, 0.717) is 61.0 Å². The van der Waals surface area contributed by atoms with Crippen LogP contribution >= 0.6 is 0 Å². The lowest BCUT2D eigenvalue weighted by Gasteiger charge is -2.34. The van der Waals surface area contributed by atoms with Crippen molar-refractivity contribution in [1.29, 1.82) is 0 Å². The number of halogens is 2. The minimum absolute atomic E-state index is 0.125. The zero-order chi connectivity index (χ0) is 28.4. The molecule has 0 spiro atoms. The molecule has 0 saturated carbocycles. The maximum atomic E-state index is 15.1. The maximum Gasteiger partial charge on any atom is 0.257 e. The van der Waals surface area contributed by atoms with E-state index < -0.39 is 28.8 Å². The number of rotatable bonds is 8. The molecule has 2 aromatic rings. The van der Waals surface area contributed by atoms with Gasteiger partial charge >= 0.3 is 0 Å². The van der Waals surface area contributed by atoms with Crippen molar-refractivity contribution in [2.24, 2.45) is 11.7 Å². The monoisotopic (exact) mass is 538 g/mol. The lowest BCUT2D eigenvalue weighted by molar-refractivity contribution is -0.126. The summed E-state index contributed by atoms with van der Waals surface area (Å²) < 4.78 is 35.0. The molecule has 2 fully saturated rings. The first-order valence-electron chi connectivity index (χ1n) is 13.4. The van der Waals surface area contributed by atoms with Gasteiger partial charge in [-0.1, -0.05) is 12.1 Å². The van der Waals surface area contributed by atoms with Crippen molar-refractivity contribution in [2.75, 3.05) is 32.8 Å². The number of carbonyl (C=O) groups excluding carboxylic acids is 2. The molecule has 2 aliphatic rings. The molecule has 1 atom stereocenters. The Balaban J connectivity index is 1.42. The number of benzene rings is 2. The number of alkyl halides is 1. The number of hydrogen-bond donors (Lipinski definition) is 1. The largest absolute Gasteiger partial charge is 0.504 e. The summed E-state index contributed by atoms with van der Waals surface area (Å²) >= 11 is 0. The normalized spacial score (nSPS) is 20.6. The maximum absolute atomic E-state index is 15.1. The number of likely N-dealkylation sites (tertiary alicyclic amines) is 2. The van der Waals surface area contributed by atoms with Gasteiger partial charge < -0.3 is 20.3 Å². The summed E-state index contributed by atoms with van der Waals surface area (Å²) in [6, 6.07) is 9.42. The van der Waals surface area contributed by atoms with Gasteiger partial charge in [-0.2, -0.15) is 0 Å². The molecule has 2 heterocycles. The fraction of sp³-hybridized carbons (Fsp3) is 0.500. The molecular formula is C30H36F2N4O3. The highest BCUT2D eigenvalue weighted by Crippen LogP contribution is 2.35. The number of nitrogens with zero attached hydrogens (tertiary/aromatic N) is 3. The van der Waals surface area contributed by atoms with E-state index in [1.807, 2.05) is 0 Å². The van der Waals surface area contributed by atoms with Crippen LogP contribution in [-0.4, -0.2) is 65.6 Å². The highest BCUT2D eigenvalue weighted by atomic mass is 19.1. The second-order valence-corrected chi connectivity index (χ2v) is 11.4. The highest BCUT2D eigenvalue weighted by molar-refractivity contribution is 5.99. The van der Waals surface area contributed by atoms with Crippen LogP contribution in [0.25, 0.3) is 16.0 Å². The Hall–Kier alpha value is -3.51. The van der Waals surface area contributed by atoms with Crippen molar-refractivity contribution >= 4 is 17.5 Å². The van der Waals surface area contributed by atoms with Crippen molar-refractivity contribution in [3.63, 3.8) is 0 Å². The minimum Gasteiger partial charge on any atom is -0.504 e. The summed E-state index contributed by atoms with van der Waals surface area (Å²) in [6.07, 6.45) is 2.87. The SMILES string of the molecule is [C-]#[N+]c1cc(-c2ccc(C(=O)N3CCC[C@@]3(C)C(N)=O)c(F)c2)ccc1OCC1CCN(CC(C)(C)F)CC1.